The number of sulfone groups is 1. The van der Waals surface area contributed by atoms with Crippen molar-refractivity contribution in [2.45, 2.75) is 30.9 Å². The van der Waals surface area contributed by atoms with E-state index in [-0.39, 0.29) is 11.4 Å². The lowest BCUT2D eigenvalue weighted by Gasteiger charge is -2.34. The fraction of sp³-hybridized carbons (Fsp3) is 0.350. The van der Waals surface area contributed by atoms with Gasteiger partial charge in [0.05, 0.1) is 29.4 Å². The Bertz CT molecular complexity index is 1170. The van der Waals surface area contributed by atoms with Gasteiger partial charge in [0.2, 0.25) is 10.0 Å². The summed E-state index contributed by atoms with van der Waals surface area (Å²) in [4.78, 5) is 13.0. The molecule has 10 heteroatoms. The van der Waals surface area contributed by atoms with E-state index in [1.807, 2.05) is 6.92 Å². The summed E-state index contributed by atoms with van der Waals surface area (Å²) in [6.45, 7) is 3.46. The van der Waals surface area contributed by atoms with E-state index in [2.05, 4.69) is 5.32 Å². The number of hydrogen-bond acceptors (Lipinski definition) is 6. The number of nitrogens with one attached hydrogen (secondary N) is 1. The predicted octanol–water partition coefficient (Wildman–Crippen LogP) is 1.80. The average molecular weight is 453 g/mol. The van der Waals surface area contributed by atoms with Crippen LogP contribution >= 0.6 is 0 Å². The third-order valence-corrected chi connectivity index (χ3v) is 7.12. The second-order valence-corrected chi connectivity index (χ2v) is 11.4. The number of hydrogen-bond donors (Lipinski definition) is 1. The van der Waals surface area contributed by atoms with Gasteiger partial charge < -0.3 is 10.1 Å². The van der Waals surface area contributed by atoms with Crippen LogP contribution in [-0.4, -0.2) is 47.9 Å². The summed E-state index contributed by atoms with van der Waals surface area (Å²) in [5.74, 6) is -0.142. The van der Waals surface area contributed by atoms with Crippen molar-refractivity contribution in [2.75, 3.05) is 23.4 Å². The number of anilines is 1. The molecule has 0 spiro atoms. The first-order valence-electron chi connectivity index (χ1n) is 9.21. The third kappa shape index (κ3) is 4.76. The zero-order valence-electron chi connectivity index (χ0n) is 17.1. The van der Waals surface area contributed by atoms with Crippen LogP contribution in [0.4, 0.5) is 5.69 Å². The minimum atomic E-state index is -3.61. The van der Waals surface area contributed by atoms with Crippen LogP contribution in [0.2, 0.25) is 0 Å². The Kier molecular flexibility index (Phi) is 5.83. The first-order chi connectivity index (χ1) is 13.9. The Hall–Kier alpha value is -2.59. The molecule has 0 aromatic heterocycles. The van der Waals surface area contributed by atoms with E-state index < -0.39 is 37.9 Å². The molecule has 1 heterocycles. The average Bonchev–Trinajstić information content (AvgIpc) is 2.65. The molecular formula is C20H24N2O6S2. The maximum Gasteiger partial charge on any atom is 0.263 e. The summed E-state index contributed by atoms with van der Waals surface area (Å²) in [5.41, 5.74) is 1.99. The normalized spacial score (nSPS) is 17.6. The van der Waals surface area contributed by atoms with Crippen molar-refractivity contribution in [2.24, 2.45) is 0 Å². The smallest absolute Gasteiger partial charge is 0.263 e. The largest absolute Gasteiger partial charge is 0.476 e. The van der Waals surface area contributed by atoms with E-state index in [0.717, 1.165) is 18.1 Å². The minimum absolute atomic E-state index is 0.138. The van der Waals surface area contributed by atoms with Crippen LogP contribution in [0.15, 0.2) is 47.4 Å². The molecule has 0 bridgehead atoms. The van der Waals surface area contributed by atoms with Gasteiger partial charge in [-0.2, -0.15) is 0 Å². The number of aryl methyl sites for hydroxylation is 1. The molecule has 30 heavy (non-hydrogen) atoms. The van der Waals surface area contributed by atoms with Crippen molar-refractivity contribution < 1.29 is 26.4 Å². The maximum absolute atomic E-state index is 12.8. The second kappa shape index (κ2) is 7.92. The molecular weight excluding hydrogens is 428 g/mol. The summed E-state index contributed by atoms with van der Waals surface area (Å²) in [5, 5.41) is 2.80. The highest BCUT2D eigenvalue weighted by Crippen LogP contribution is 2.35. The number of ether oxygens (including phenoxy) is 1. The van der Waals surface area contributed by atoms with Crippen molar-refractivity contribution in [1.29, 1.82) is 0 Å². The second-order valence-electron chi connectivity index (χ2n) is 7.44. The van der Waals surface area contributed by atoms with E-state index >= 15 is 0 Å². The standard InChI is InChI=1S/C20H24N2O6S2/c1-13-5-10-18-17(11-13)22(30(4,26)27)12-19(28-18)20(23)21-14(2)15-6-8-16(9-7-15)29(3,24)25/h5-11,14,19H,12H2,1-4H3,(H,21,23)/t14-,19-/m0/s1. The number of rotatable bonds is 5. The number of carbonyl (C=O) groups excluding carboxylic acids is 1. The quantitative estimate of drug-likeness (QED) is 0.741. The van der Waals surface area contributed by atoms with E-state index in [1.165, 1.54) is 16.4 Å². The van der Waals surface area contributed by atoms with E-state index in [4.69, 9.17) is 4.74 Å². The van der Waals surface area contributed by atoms with Crippen molar-refractivity contribution in [1.82, 2.24) is 5.32 Å². The molecule has 1 aliphatic heterocycles. The lowest BCUT2D eigenvalue weighted by molar-refractivity contribution is -0.128. The highest BCUT2D eigenvalue weighted by molar-refractivity contribution is 7.92. The molecule has 162 valence electrons. The van der Waals surface area contributed by atoms with Crippen LogP contribution in [0.1, 0.15) is 24.1 Å². The molecule has 0 fully saturated rings. The Morgan fingerprint density at radius 3 is 2.30 bits per heavy atom. The topological polar surface area (TPSA) is 110 Å². The van der Waals surface area contributed by atoms with Crippen molar-refractivity contribution >= 4 is 31.5 Å². The van der Waals surface area contributed by atoms with Crippen molar-refractivity contribution in [3.63, 3.8) is 0 Å². The Balaban J connectivity index is 1.79. The van der Waals surface area contributed by atoms with Gasteiger partial charge in [0.15, 0.2) is 15.9 Å². The number of sulfonamides is 1. The zero-order valence-corrected chi connectivity index (χ0v) is 18.7. The molecule has 1 aliphatic rings. The van der Waals surface area contributed by atoms with Crippen LogP contribution in [0.3, 0.4) is 0 Å². The van der Waals surface area contributed by atoms with Crippen LogP contribution in [0.25, 0.3) is 0 Å². The molecule has 2 aromatic rings. The molecule has 3 rings (SSSR count). The number of fused-ring (bicyclic) bond motifs is 1. The molecule has 0 unspecified atom stereocenters. The molecule has 1 N–H and O–H groups in total. The molecule has 8 nitrogen and oxygen atoms in total. The van der Waals surface area contributed by atoms with Gasteiger partial charge >= 0.3 is 0 Å². The van der Waals surface area contributed by atoms with Gasteiger partial charge in [0.25, 0.3) is 5.91 Å². The predicted molar refractivity (Wildman–Crippen MR) is 114 cm³/mol. The number of amides is 1. The van der Waals surface area contributed by atoms with Crippen LogP contribution in [0.5, 0.6) is 5.75 Å². The summed E-state index contributed by atoms with van der Waals surface area (Å²) in [6.07, 6.45) is 1.19. The summed E-state index contributed by atoms with van der Waals surface area (Å²) in [6, 6.07) is 10.9. The van der Waals surface area contributed by atoms with Gasteiger partial charge in [-0.3, -0.25) is 9.10 Å². The van der Waals surface area contributed by atoms with Gasteiger partial charge in [-0.25, -0.2) is 16.8 Å². The molecule has 0 saturated carbocycles. The van der Waals surface area contributed by atoms with Gasteiger partial charge in [-0.15, -0.1) is 0 Å². The summed E-state index contributed by atoms with van der Waals surface area (Å²) < 4.78 is 54.7. The summed E-state index contributed by atoms with van der Waals surface area (Å²) in [7, 11) is -6.91. The van der Waals surface area contributed by atoms with Gasteiger partial charge in [0, 0.05) is 6.26 Å². The van der Waals surface area contributed by atoms with Crippen molar-refractivity contribution in [3.8, 4) is 5.75 Å². The molecule has 2 aromatic carbocycles. The number of benzene rings is 2. The van der Waals surface area contributed by atoms with Crippen molar-refractivity contribution in [3.05, 3.63) is 53.6 Å². The van der Waals surface area contributed by atoms with Crippen LogP contribution < -0.4 is 14.4 Å². The molecule has 0 radical (unpaired) electrons. The monoisotopic (exact) mass is 452 g/mol. The SMILES string of the molecule is Cc1ccc2c(c1)N(S(C)(=O)=O)C[C@@H](C(=O)N[C@@H](C)c1ccc(S(C)(=O)=O)cc1)O2. The van der Waals surface area contributed by atoms with E-state index in [0.29, 0.717) is 17.0 Å². The first-order valence-corrected chi connectivity index (χ1v) is 13.0. The van der Waals surface area contributed by atoms with E-state index in [1.54, 1.807) is 37.3 Å². The molecule has 1 amide bonds. The first kappa shape index (κ1) is 22.1. The molecule has 0 saturated heterocycles. The fourth-order valence-electron chi connectivity index (χ4n) is 3.21. The lowest BCUT2D eigenvalue weighted by atomic mass is 10.1. The fourth-order valence-corrected chi connectivity index (χ4v) is 4.74. The number of carbonyl (C=O) groups is 1. The van der Waals surface area contributed by atoms with Gasteiger partial charge in [-0.05, 0) is 49.2 Å². The Morgan fingerprint density at radius 2 is 1.73 bits per heavy atom. The van der Waals surface area contributed by atoms with Gasteiger partial charge in [-0.1, -0.05) is 18.2 Å². The summed E-state index contributed by atoms with van der Waals surface area (Å²) >= 11 is 0. The van der Waals surface area contributed by atoms with E-state index in [9.17, 15) is 21.6 Å². The molecule has 2 atom stereocenters. The molecule has 0 aliphatic carbocycles. The maximum atomic E-state index is 12.8. The number of nitrogens with zero attached hydrogens (tertiary/aromatic N) is 1. The minimum Gasteiger partial charge on any atom is -0.476 e. The Labute approximate surface area is 176 Å². The lowest BCUT2D eigenvalue weighted by Crippen LogP contribution is -2.50. The highest BCUT2D eigenvalue weighted by atomic mass is 32.2. The zero-order chi connectivity index (χ0) is 22.3. The Morgan fingerprint density at radius 1 is 1.10 bits per heavy atom. The third-order valence-electron chi connectivity index (χ3n) is 4.84. The highest BCUT2D eigenvalue weighted by Gasteiger charge is 2.35. The van der Waals surface area contributed by atoms with Crippen LogP contribution in [-0.2, 0) is 24.7 Å². The van der Waals surface area contributed by atoms with Crippen LogP contribution in [0, 0.1) is 6.92 Å². The van der Waals surface area contributed by atoms with Gasteiger partial charge in [0.1, 0.15) is 5.75 Å².